The molecule has 0 saturated heterocycles. The van der Waals surface area contributed by atoms with Gasteiger partial charge < -0.3 is 0 Å². The number of hydrogen-bond acceptors (Lipinski definition) is 1. The highest BCUT2D eigenvalue weighted by Gasteiger charge is 2.12. The smallest absolute Gasteiger partial charge is 0.168 e. The van der Waals surface area contributed by atoms with Gasteiger partial charge in [0, 0.05) is 26.1 Å². The predicted octanol–water partition coefficient (Wildman–Crippen LogP) is 4.76. The summed E-state index contributed by atoms with van der Waals surface area (Å²) < 4.78 is 27.7. The molecule has 0 bridgehead atoms. The van der Waals surface area contributed by atoms with Crippen molar-refractivity contribution in [1.29, 1.82) is 0 Å². The lowest BCUT2D eigenvalue weighted by Gasteiger charge is -2.05. The Bertz CT molecular complexity index is 623. The van der Waals surface area contributed by atoms with Crippen LogP contribution in [0.1, 0.15) is 15.9 Å². The maximum Gasteiger partial charge on any atom is 0.168 e. The van der Waals surface area contributed by atoms with E-state index in [0.717, 1.165) is 9.64 Å². The summed E-state index contributed by atoms with van der Waals surface area (Å²) in [5.41, 5.74) is 0.838. The van der Waals surface area contributed by atoms with Gasteiger partial charge in [-0.2, -0.15) is 0 Å². The Morgan fingerprint density at radius 3 is 2.37 bits per heavy atom. The minimum absolute atomic E-state index is 0.0344. The highest BCUT2D eigenvalue weighted by molar-refractivity contribution is 14.1. The van der Waals surface area contributed by atoms with Gasteiger partial charge in [0.15, 0.2) is 5.78 Å². The topological polar surface area (TPSA) is 17.1 Å². The Morgan fingerprint density at radius 1 is 1.11 bits per heavy atom. The molecule has 0 heterocycles. The van der Waals surface area contributed by atoms with E-state index >= 15 is 0 Å². The molecule has 0 aromatic heterocycles. The molecular formula is C14H8BrF2IO. The zero-order chi connectivity index (χ0) is 14.0. The average molecular weight is 437 g/mol. The summed E-state index contributed by atoms with van der Waals surface area (Å²) in [5.74, 6) is -1.54. The van der Waals surface area contributed by atoms with Gasteiger partial charge in [0.1, 0.15) is 11.6 Å². The highest BCUT2D eigenvalue weighted by Crippen LogP contribution is 2.21. The van der Waals surface area contributed by atoms with Gasteiger partial charge in [0.2, 0.25) is 0 Å². The van der Waals surface area contributed by atoms with Gasteiger partial charge >= 0.3 is 0 Å². The van der Waals surface area contributed by atoms with Crippen molar-refractivity contribution in [3.05, 3.63) is 67.2 Å². The van der Waals surface area contributed by atoms with E-state index in [1.165, 1.54) is 12.1 Å². The summed E-state index contributed by atoms with van der Waals surface area (Å²) in [6, 6.07) is 8.51. The zero-order valence-electron chi connectivity index (χ0n) is 9.59. The van der Waals surface area contributed by atoms with Gasteiger partial charge in [-0.05, 0) is 58.5 Å². The van der Waals surface area contributed by atoms with Crippen LogP contribution >= 0.6 is 38.5 Å². The fourth-order valence-electron chi connectivity index (χ4n) is 1.70. The zero-order valence-corrected chi connectivity index (χ0v) is 13.3. The van der Waals surface area contributed by atoms with Crippen LogP contribution in [0.5, 0.6) is 0 Å². The van der Waals surface area contributed by atoms with Crippen molar-refractivity contribution >= 4 is 44.3 Å². The van der Waals surface area contributed by atoms with Gasteiger partial charge in [-0.25, -0.2) is 8.78 Å². The van der Waals surface area contributed by atoms with Gasteiger partial charge in [-0.15, -0.1) is 0 Å². The Morgan fingerprint density at radius 2 is 1.74 bits per heavy atom. The molecule has 0 fully saturated rings. The summed E-state index contributed by atoms with van der Waals surface area (Å²) >= 11 is 5.41. The van der Waals surface area contributed by atoms with Crippen LogP contribution in [0.3, 0.4) is 0 Å². The van der Waals surface area contributed by atoms with Crippen molar-refractivity contribution in [2.24, 2.45) is 0 Å². The first-order valence-corrected chi connectivity index (χ1v) is 7.26. The maximum absolute atomic E-state index is 13.1. The molecule has 19 heavy (non-hydrogen) atoms. The van der Waals surface area contributed by atoms with Crippen molar-refractivity contribution in [2.45, 2.75) is 6.42 Å². The second-order valence-corrected chi connectivity index (χ2v) is 6.10. The van der Waals surface area contributed by atoms with Gasteiger partial charge in [0.05, 0.1) is 0 Å². The van der Waals surface area contributed by atoms with Crippen molar-refractivity contribution in [3.63, 3.8) is 0 Å². The molecule has 1 nitrogen and oxygen atoms in total. The van der Waals surface area contributed by atoms with Crippen LogP contribution in [0.2, 0.25) is 0 Å². The van der Waals surface area contributed by atoms with Crippen molar-refractivity contribution in [2.75, 3.05) is 0 Å². The molecule has 2 aromatic rings. The first-order chi connectivity index (χ1) is 8.95. The van der Waals surface area contributed by atoms with E-state index in [1.807, 2.05) is 6.07 Å². The normalized spacial score (nSPS) is 10.5. The summed E-state index contributed by atoms with van der Waals surface area (Å²) in [6.45, 7) is 0. The molecule has 0 aliphatic carbocycles. The van der Waals surface area contributed by atoms with Crippen molar-refractivity contribution < 1.29 is 13.6 Å². The SMILES string of the molecule is O=C(Cc1cc(F)cc(F)c1)c1cc(I)ccc1Br. The number of benzene rings is 2. The lowest BCUT2D eigenvalue weighted by atomic mass is 10.0. The number of hydrogen-bond donors (Lipinski definition) is 0. The van der Waals surface area contributed by atoms with E-state index in [1.54, 1.807) is 12.1 Å². The van der Waals surface area contributed by atoms with Crippen LogP contribution in [0.25, 0.3) is 0 Å². The number of Topliss-reactive ketones (excluding diaryl/α,β-unsaturated/α-hetero) is 1. The third kappa shape index (κ3) is 3.82. The third-order valence-electron chi connectivity index (χ3n) is 2.52. The fourth-order valence-corrected chi connectivity index (χ4v) is 2.66. The summed E-state index contributed by atoms with van der Waals surface area (Å²) in [5, 5.41) is 0. The third-order valence-corrected chi connectivity index (χ3v) is 3.88. The molecule has 98 valence electrons. The highest BCUT2D eigenvalue weighted by atomic mass is 127. The summed E-state index contributed by atoms with van der Waals surface area (Å²) in [6.07, 6.45) is -0.0344. The molecule has 0 radical (unpaired) electrons. The molecule has 2 rings (SSSR count). The fraction of sp³-hybridized carbons (Fsp3) is 0.0714. The Labute approximate surface area is 131 Å². The van der Waals surface area contributed by atoms with E-state index in [2.05, 4.69) is 38.5 Å². The average Bonchev–Trinajstić information content (AvgIpc) is 2.30. The largest absolute Gasteiger partial charge is 0.294 e. The standard InChI is InChI=1S/C14H8BrF2IO/c15-13-2-1-11(18)7-12(13)14(19)5-8-3-9(16)6-10(17)4-8/h1-4,6-7H,5H2. The second kappa shape index (κ2) is 6.09. The number of ketones is 1. The molecule has 0 saturated carbocycles. The van der Waals surface area contributed by atoms with E-state index < -0.39 is 11.6 Å². The van der Waals surface area contributed by atoms with Gasteiger partial charge in [0.25, 0.3) is 0 Å². The monoisotopic (exact) mass is 436 g/mol. The molecule has 0 unspecified atom stereocenters. The minimum Gasteiger partial charge on any atom is -0.294 e. The molecule has 0 aliphatic rings. The molecule has 5 heteroatoms. The Kier molecular flexibility index (Phi) is 4.67. The van der Waals surface area contributed by atoms with E-state index in [0.29, 0.717) is 15.6 Å². The lowest BCUT2D eigenvalue weighted by molar-refractivity contribution is 0.0992. The predicted molar refractivity (Wildman–Crippen MR) is 81.3 cm³/mol. The molecule has 0 aliphatic heterocycles. The Hall–Kier alpha value is -0.820. The minimum atomic E-state index is -0.676. The van der Waals surface area contributed by atoms with Crippen LogP contribution in [-0.4, -0.2) is 5.78 Å². The van der Waals surface area contributed by atoms with Crippen LogP contribution < -0.4 is 0 Å². The number of carbonyl (C=O) groups excluding carboxylic acids is 1. The van der Waals surface area contributed by atoms with E-state index in [-0.39, 0.29) is 12.2 Å². The van der Waals surface area contributed by atoms with Crippen molar-refractivity contribution in [1.82, 2.24) is 0 Å². The first kappa shape index (κ1) is 14.6. The quantitative estimate of drug-likeness (QED) is 0.501. The molecule has 0 atom stereocenters. The first-order valence-electron chi connectivity index (χ1n) is 5.39. The van der Waals surface area contributed by atoms with Gasteiger partial charge in [-0.1, -0.05) is 15.9 Å². The Balaban J connectivity index is 2.28. The number of halogens is 4. The van der Waals surface area contributed by atoms with Crippen LogP contribution in [0, 0.1) is 15.2 Å². The molecule has 0 amide bonds. The maximum atomic E-state index is 13.1. The molecular weight excluding hydrogens is 429 g/mol. The molecule has 0 N–H and O–H groups in total. The number of rotatable bonds is 3. The summed E-state index contributed by atoms with van der Waals surface area (Å²) in [4.78, 5) is 12.1. The summed E-state index contributed by atoms with van der Waals surface area (Å²) in [7, 11) is 0. The van der Waals surface area contributed by atoms with Crippen LogP contribution in [-0.2, 0) is 6.42 Å². The van der Waals surface area contributed by atoms with Gasteiger partial charge in [-0.3, -0.25) is 4.79 Å². The van der Waals surface area contributed by atoms with Crippen LogP contribution in [0.15, 0.2) is 40.9 Å². The van der Waals surface area contributed by atoms with E-state index in [9.17, 15) is 13.6 Å². The van der Waals surface area contributed by atoms with Crippen LogP contribution in [0.4, 0.5) is 8.78 Å². The number of carbonyl (C=O) groups is 1. The second-order valence-electron chi connectivity index (χ2n) is 4.00. The molecule has 0 spiro atoms. The van der Waals surface area contributed by atoms with Crippen molar-refractivity contribution in [3.8, 4) is 0 Å². The molecule has 2 aromatic carbocycles. The van der Waals surface area contributed by atoms with E-state index in [4.69, 9.17) is 0 Å². The lowest BCUT2D eigenvalue weighted by Crippen LogP contribution is -2.05.